The largest absolute Gasteiger partial charge is 0.479 e. The fourth-order valence-electron chi connectivity index (χ4n) is 3.65. The van der Waals surface area contributed by atoms with Gasteiger partial charge in [-0.15, -0.1) is 12.4 Å². The normalized spacial score (nSPS) is 17.8. The summed E-state index contributed by atoms with van der Waals surface area (Å²) in [5.41, 5.74) is 3.07. The maximum absolute atomic E-state index is 12.6. The Balaban J connectivity index is 0.00000196. The van der Waals surface area contributed by atoms with E-state index in [2.05, 4.69) is 35.3 Å². The number of nitrogens with zero attached hydrogens (tertiary/aromatic N) is 2. The van der Waals surface area contributed by atoms with Crippen LogP contribution in [0.25, 0.3) is 0 Å². The Hall–Kier alpha value is -2.24. The number of piperazine rings is 1. The molecule has 1 N–H and O–H groups in total. The number of rotatable bonds is 3. The van der Waals surface area contributed by atoms with Crippen molar-refractivity contribution in [3.63, 3.8) is 0 Å². The van der Waals surface area contributed by atoms with E-state index in [9.17, 15) is 4.79 Å². The van der Waals surface area contributed by atoms with Crippen LogP contribution in [-0.4, -0.2) is 38.7 Å². The maximum Gasteiger partial charge on any atom is 0.265 e. The lowest BCUT2D eigenvalue weighted by atomic mass is 10.0. The average Bonchev–Trinajstić information content (AvgIpc) is 2.68. The van der Waals surface area contributed by atoms with Gasteiger partial charge in [-0.3, -0.25) is 9.69 Å². The van der Waals surface area contributed by atoms with Gasteiger partial charge in [0.1, 0.15) is 0 Å². The monoisotopic (exact) mass is 373 g/mol. The van der Waals surface area contributed by atoms with Crippen molar-refractivity contribution in [3.8, 4) is 5.75 Å². The van der Waals surface area contributed by atoms with Gasteiger partial charge in [0.25, 0.3) is 5.91 Å². The third-order valence-electron chi connectivity index (χ3n) is 4.97. The average molecular weight is 374 g/mol. The lowest BCUT2D eigenvalue weighted by Gasteiger charge is -2.37. The van der Waals surface area contributed by atoms with Crippen molar-refractivity contribution in [1.82, 2.24) is 5.32 Å². The molecule has 2 aromatic carbocycles. The molecule has 0 radical (unpaired) electrons. The summed E-state index contributed by atoms with van der Waals surface area (Å²) in [4.78, 5) is 16.8. The highest BCUT2D eigenvalue weighted by atomic mass is 35.5. The predicted octanol–water partition coefficient (Wildman–Crippen LogP) is 3.00. The zero-order valence-corrected chi connectivity index (χ0v) is 15.7. The highest BCUT2D eigenvalue weighted by Gasteiger charge is 2.32. The van der Waals surface area contributed by atoms with E-state index in [1.807, 2.05) is 35.2 Å². The third-order valence-corrected chi connectivity index (χ3v) is 4.97. The highest BCUT2D eigenvalue weighted by Crippen LogP contribution is 2.43. The topological polar surface area (TPSA) is 44.8 Å². The van der Waals surface area contributed by atoms with Crippen molar-refractivity contribution in [2.24, 2.45) is 0 Å². The maximum atomic E-state index is 12.6. The summed E-state index contributed by atoms with van der Waals surface area (Å²) < 4.78 is 5.88. The van der Waals surface area contributed by atoms with Crippen molar-refractivity contribution in [2.75, 3.05) is 42.6 Å². The van der Waals surface area contributed by atoms with Gasteiger partial charge in [0.15, 0.2) is 12.4 Å². The molecule has 0 spiro atoms. The van der Waals surface area contributed by atoms with Gasteiger partial charge in [0.2, 0.25) is 0 Å². The zero-order chi connectivity index (χ0) is 17.2. The lowest BCUT2D eigenvalue weighted by molar-refractivity contribution is -0.121. The van der Waals surface area contributed by atoms with Crippen LogP contribution in [0.2, 0.25) is 0 Å². The molecule has 138 valence electrons. The van der Waals surface area contributed by atoms with Gasteiger partial charge >= 0.3 is 0 Å². The SMILES string of the molecule is CC(c1ccccc1)N1C(=O)COc2c(N3CCNCC3)cccc21.Cl. The van der Waals surface area contributed by atoms with Crippen LogP contribution in [0.4, 0.5) is 11.4 Å². The molecule has 2 aromatic rings. The number of carbonyl (C=O) groups excluding carboxylic acids is 1. The van der Waals surface area contributed by atoms with E-state index in [-0.39, 0.29) is 31.0 Å². The Labute approximate surface area is 160 Å². The Morgan fingerprint density at radius 2 is 1.69 bits per heavy atom. The molecule has 1 fully saturated rings. The number of fused-ring (bicyclic) bond motifs is 1. The number of ether oxygens (including phenoxy) is 1. The van der Waals surface area contributed by atoms with Crippen molar-refractivity contribution in [2.45, 2.75) is 13.0 Å². The molecule has 1 unspecified atom stereocenters. The second-order valence-corrected chi connectivity index (χ2v) is 6.50. The van der Waals surface area contributed by atoms with Crippen LogP contribution in [0.5, 0.6) is 5.75 Å². The number of nitrogens with one attached hydrogen (secondary N) is 1. The Morgan fingerprint density at radius 1 is 1.00 bits per heavy atom. The van der Waals surface area contributed by atoms with E-state index < -0.39 is 0 Å². The summed E-state index contributed by atoms with van der Waals surface area (Å²) in [6.45, 7) is 5.98. The number of anilines is 2. The molecular weight excluding hydrogens is 350 g/mol. The Kier molecular flexibility index (Phi) is 5.69. The molecule has 26 heavy (non-hydrogen) atoms. The summed E-state index contributed by atoms with van der Waals surface area (Å²) in [6.07, 6.45) is 0. The van der Waals surface area contributed by atoms with Gasteiger partial charge in [0, 0.05) is 26.2 Å². The first-order valence-electron chi connectivity index (χ1n) is 8.84. The number of benzene rings is 2. The fourth-order valence-corrected chi connectivity index (χ4v) is 3.65. The zero-order valence-electron chi connectivity index (χ0n) is 14.9. The second kappa shape index (κ2) is 7.98. The Morgan fingerprint density at radius 3 is 2.42 bits per heavy atom. The summed E-state index contributed by atoms with van der Waals surface area (Å²) in [5.74, 6) is 0.827. The number of hydrogen-bond acceptors (Lipinski definition) is 4. The minimum Gasteiger partial charge on any atom is -0.479 e. The van der Waals surface area contributed by atoms with Crippen molar-refractivity contribution in [1.29, 1.82) is 0 Å². The van der Waals surface area contributed by atoms with Crippen molar-refractivity contribution in [3.05, 3.63) is 54.1 Å². The van der Waals surface area contributed by atoms with E-state index in [4.69, 9.17) is 4.74 Å². The molecule has 4 rings (SSSR count). The third kappa shape index (κ3) is 3.37. The summed E-state index contributed by atoms with van der Waals surface area (Å²) in [6, 6.07) is 16.2. The number of hydrogen-bond donors (Lipinski definition) is 1. The minimum absolute atomic E-state index is 0. The number of halogens is 1. The number of para-hydroxylation sites is 1. The molecule has 2 heterocycles. The Bertz CT molecular complexity index is 763. The van der Waals surface area contributed by atoms with E-state index in [0.717, 1.165) is 48.9 Å². The van der Waals surface area contributed by atoms with Crippen LogP contribution in [0.3, 0.4) is 0 Å². The van der Waals surface area contributed by atoms with Gasteiger partial charge in [0.05, 0.1) is 17.4 Å². The fraction of sp³-hybridized carbons (Fsp3) is 0.350. The van der Waals surface area contributed by atoms with E-state index >= 15 is 0 Å². The smallest absolute Gasteiger partial charge is 0.265 e. The molecule has 0 aliphatic carbocycles. The summed E-state index contributed by atoms with van der Waals surface area (Å²) in [5, 5.41) is 3.37. The van der Waals surface area contributed by atoms with Crippen LogP contribution in [0.1, 0.15) is 18.5 Å². The van der Waals surface area contributed by atoms with E-state index in [1.165, 1.54) is 0 Å². The molecular formula is C20H24ClN3O2. The second-order valence-electron chi connectivity index (χ2n) is 6.50. The summed E-state index contributed by atoms with van der Waals surface area (Å²) >= 11 is 0. The van der Waals surface area contributed by atoms with Crippen molar-refractivity contribution < 1.29 is 9.53 Å². The highest BCUT2D eigenvalue weighted by molar-refractivity contribution is 6.00. The van der Waals surface area contributed by atoms with Crippen LogP contribution < -0.4 is 19.9 Å². The summed E-state index contributed by atoms with van der Waals surface area (Å²) in [7, 11) is 0. The van der Waals surface area contributed by atoms with Gasteiger partial charge in [-0.2, -0.15) is 0 Å². The molecule has 5 nitrogen and oxygen atoms in total. The first-order valence-corrected chi connectivity index (χ1v) is 8.84. The first-order chi connectivity index (χ1) is 12.3. The molecule has 1 atom stereocenters. The van der Waals surface area contributed by atoms with Gasteiger partial charge < -0.3 is 15.0 Å². The predicted molar refractivity (Wildman–Crippen MR) is 107 cm³/mol. The van der Waals surface area contributed by atoms with E-state index in [1.54, 1.807) is 0 Å². The molecule has 2 aliphatic heterocycles. The van der Waals surface area contributed by atoms with Crippen LogP contribution in [0.15, 0.2) is 48.5 Å². The molecule has 0 aromatic heterocycles. The minimum atomic E-state index is -0.0328. The lowest BCUT2D eigenvalue weighted by Crippen LogP contribution is -2.45. The molecule has 0 bridgehead atoms. The molecule has 0 saturated carbocycles. The first kappa shape index (κ1) is 18.5. The molecule has 1 saturated heterocycles. The van der Waals surface area contributed by atoms with Crippen LogP contribution >= 0.6 is 12.4 Å². The van der Waals surface area contributed by atoms with E-state index in [0.29, 0.717) is 0 Å². The quantitative estimate of drug-likeness (QED) is 0.898. The standard InChI is InChI=1S/C20H23N3O2.ClH/c1-15(16-6-3-2-4-7-16)23-18-9-5-8-17(20(18)25-14-19(23)24)22-12-10-21-11-13-22;/h2-9,15,21H,10-14H2,1H3;1H. The molecule has 2 aliphatic rings. The molecule has 1 amide bonds. The van der Waals surface area contributed by atoms with Crippen molar-refractivity contribution >= 4 is 29.7 Å². The number of carbonyl (C=O) groups is 1. The molecule has 6 heteroatoms. The van der Waals surface area contributed by atoms with Gasteiger partial charge in [-0.1, -0.05) is 36.4 Å². The number of amides is 1. The van der Waals surface area contributed by atoms with Gasteiger partial charge in [-0.05, 0) is 24.6 Å². The van der Waals surface area contributed by atoms with Crippen LogP contribution in [-0.2, 0) is 4.79 Å². The van der Waals surface area contributed by atoms with Crippen LogP contribution in [0, 0.1) is 0 Å². The van der Waals surface area contributed by atoms with Gasteiger partial charge in [-0.25, -0.2) is 0 Å².